The molecule has 29 heavy (non-hydrogen) atoms. The molecule has 3 rings (SSSR count). The number of aromatic hydroxyl groups is 1. The minimum absolute atomic E-state index is 0.0510. The molecule has 1 aliphatic carbocycles. The van der Waals surface area contributed by atoms with Gasteiger partial charge in [-0.15, -0.1) is 0 Å². The summed E-state index contributed by atoms with van der Waals surface area (Å²) >= 11 is 6.02. The van der Waals surface area contributed by atoms with Crippen LogP contribution >= 0.6 is 11.6 Å². The molecule has 0 bridgehead atoms. The van der Waals surface area contributed by atoms with E-state index < -0.39 is 0 Å². The van der Waals surface area contributed by atoms with Gasteiger partial charge in [-0.3, -0.25) is 4.79 Å². The van der Waals surface area contributed by atoms with E-state index in [1.807, 2.05) is 32.6 Å². The number of benzene rings is 1. The normalized spacial score (nSPS) is 15.9. The molecule has 6 nitrogen and oxygen atoms in total. The second kappa shape index (κ2) is 10.0. The smallest absolute Gasteiger partial charge is 0.220 e. The molecule has 2 aromatic rings. The first-order valence-corrected chi connectivity index (χ1v) is 10.5. The molecule has 1 fully saturated rings. The van der Waals surface area contributed by atoms with Crippen LogP contribution in [0.1, 0.15) is 42.7 Å². The van der Waals surface area contributed by atoms with Crippen LogP contribution < -0.4 is 5.32 Å². The predicted molar refractivity (Wildman–Crippen MR) is 114 cm³/mol. The molecule has 0 saturated heterocycles. The van der Waals surface area contributed by atoms with Gasteiger partial charge in [-0.05, 0) is 62.0 Å². The number of nitrogens with one attached hydrogen (secondary N) is 1. The van der Waals surface area contributed by atoms with E-state index in [9.17, 15) is 9.90 Å². The van der Waals surface area contributed by atoms with Crippen LogP contribution in [0.25, 0.3) is 0 Å². The summed E-state index contributed by atoms with van der Waals surface area (Å²) in [5.74, 6) is 1.02. The molecule has 1 aromatic heterocycles. The van der Waals surface area contributed by atoms with Gasteiger partial charge < -0.3 is 15.3 Å². The van der Waals surface area contributed by atoms with Gasteiger partial charge in [0.15, 0.2) is 0 Å². The molecule has 1 amide bonds. The lowest BCUT2D eigenvalue weighted by Gasteiger charge is -2.25. The zero-order valence-electron chi connectivity index (χ0n) is 17.0. The van der Waals surface area contributed by atoms with E-state index in [-0.39, 0.29) is 23.6 Å². The maximum Gasteiger partial charge on any atom is 0.220 e. The van der Waals surface area contributed by atoms with Gasteiger partial charge in [0.05, 0.1) is 5.02 Å². The first kappa shape index (κ1) is 21.5. The number of carbonyl (C=O) groups is 1. The maximum atomic E-state index is 12.7. The Hall–Kier alpha value is -2.18. The van der Waals surface area contributed by atoms with Gasteiger partial charge in [-0.25, -0.2) is 9.97 Å². The number of amides is 1. The van der Waals surface area contributed by atoms with E-state index in [0.29, 0.717) is 18.0 Å². The van der Waals surface area contributed by atoms with Crippen molar-refractivity contribution in [3.05, 3.63) is 53.1 Å². The number of phenolic OH excluding ortho intramolecular Hbond substituents is 1. The highest BCUT2D eigenvalue weighted by atomic mass is 35.5. The molecule has 2 unspecified atom stereocenters. The fraction of sp³-hybridized carbons (Fsp3) is 0.500. The molecule has 0 radical (unpaired) electrons. The number of nitrogens with zero attached hydrogens (tertiary/aromatic N) is 3. The highest BCUT2D eigenvalue weighted by molar-refractivity contribution is 6.32. The first-order valence-electron chi connectivity index (χ1n) is 10.1. The van der Waals surface area contributed by atoms with Crippen LogP contribution in [-0.4, -0.2) is 52.6 Å². The van der Waals surface area contributed by atoms with Gasteiger partial charge in [0.2, 0.25) is 5.91 Å². The van der Waals surface area contributed by atoms with Crippen molar-refractivity contribution in [1.82, 2.24) is 20.2 Å². The Kier molecular flexibility index (Phi) is 7.45. The van der Waals surface area contributed by atoms with Crippen molar-refractivity contribution in [3.8, 4) is 5.75 Å². The van der Waals surface area contributed by atoms with Crippen LogP contribution in [0.5, 0.6) is 5.75 Å². The summed E-state index contributed by atoms with van der Waals surface area (Å²) in [6, 6.07) is 5.37. The summed E-state index contributed by atoms with van der Waals surface area (Å²) < 4.78 is 0. The SMILES string of the molecule is CN(C)C(CNC(=O)CC(CC1CC1)c1cncnc1)Cc1ccc(O)c(Cl)c1. The monoisotopic (exact) mass is 416 g/mol. The van der Waals surface area contributed by atoms with Crippen LogP contribution in [0.4, 0.5) is 0 Å². The summed E-state index contributed by atoms with van der Waals surface area (Å²) in [6.45, 7) is 0.547. The fourth-order valence-electron chi connectivity index (χ4n) is 3.53. The number of hydrogen-bond donors (Lipinski definition) is 2. The maximum absolute atomic E-state index is 12.7. The number of phenols is 1. The molecule has 1 aliphatic rings. The first-order chi connectivity index (χ1) is 13.9. The predicted octanol–water partition coefficient (Wildman–Crippen LogP) is 3.40. The van der Waals surface area contributed by atoms with Crippen LogP contribution in [-0.2, 0) is 11.2 Å². The van der Waals surface area contributed by atoms with E-state index in [0.717, 1.165) is 29.9 Å². The second-order valence-electron chi connectivity index (χ2n) is 8.16. The van der Waals surface area contributed by atoms with Crippen molar-refractivity contribution in [2.45, 2.75) is 44.1 Å². The van der Waals surface area contributed by atoms with Crippen LogP contribution in [0, 0.1) is 5.92 Å². The lowest BCUT2D eigenvalue weighted by Crippen LogP contribution is -2.41. The number of hydrogen-bond acceptors (Lipinski definition) is 5. The lowest BCUT2D eigenvalue weighted by atomic mass is 9.92. The molecular weight excluding hydrogens is 388 g/mol. The summed E-state index contributed by atoms with van der Waals surface area (Å²) in [7, 11) is 3.99. The van der Waals surface area contributed by atoms with Crippen molar-refractivity contribution in [2.24, 2.45) is 5.92 Å². The largest absolute Gasteiger partial charge is 0.506 e. The molecule has 0 aliphatic heterocycles. The van der Waals surface area contributed by atoms with Gasteiger partial charge in [0, 0.05) is 31.4 Å². The van der Waals surface area contributed by atoms with Crippen LogP contribution in [0.15, 0.2) is 36.9 Å². The van der Waals surface area contributed by atoms with E-state index in [2.05, 4.69) is 20.2 Å². The Balaban J connectivity index is 1.56. The molecule has 2 N–H and O–H groups in total. The Morgan fingerprint density at radius 2 is 2.03 bits per heavy atom. The Morgan fingerprint density at radius 1 is 1.31 bits per heavy atom. The van der Waals surface area contributed by atoms with Gasteiger partial charge in [0.25, 0.3) is 0 Å². The van der Waals surface area contributed by atoms with Crippen LogP contribution in [0.3, 0.4) is 0 Å². The number of aromatic nitrogens is 2. The zero-order valence-corrected chi connectivity index (χ0v) is 17.8. The molecule has 0 spiro atoms. The van der Waals surface area contributed by atoms with Gasteiger partial charge >= 0.3 is 0 Å². The topological polar surface area (TPSA) is 78.4 Å². The fourth-order valence-corrected chi connectivity index (χ4v) is 3.73. The third kappa shape index (κ3) is 6.68. The van der Waals surface area contributed by atoms with E-state index in [4.69, 9.17) is 11.6 Å². The molecule has 2 atom stereocenters. The highest BCUT2D eigenvalue weighted by Gasteiger charge is 2.28. The summed E-state index contributed by atoms with van der Waals surface area (Å²) in [5.41, 5.74) is 2.06. The molecule has 1 saturated carbocycles. The number of carbonyl (C=O) groups excluding carboxylic acids is 1. The van der Waals surface area contributed by atoms with E-state index in [1.54, 1.807) is 12.1 Å². The van der Waals surface area contributed by atoms with Crippen LogP contribution in [0.2, 0.25) is 5.02 Å². The van der Waals surface area contributed by atoms with E-state index >= 15 is 0 Å². The second-order valence-corrected chi connectivity index (χ2v) is 8.57. The third-order valence-electron chi connectivity index (χ3n) is 5.55. The van der Waals surface area contributed by atoms with Gasteiger partial charge in [-0.2, -0.15) is 0 Å². The summed E-state index contributed by atoms with van der Waals surface area (Å²) in [5, 5.41) is 13.0. The summed E-state index contributed by atoms with van der Waals surface area (Å²) in [6.07, 6.45) is 9.88. The van der Waals surface area contributed by atoms with Crippen molar-refractivity contribution in [3.63, 3.8) is 0 Å². The average Bonchev–Trinajstić information content (AvgIpc) is 3.52. The Bertz CT molecular complexity index is 812. The number of likely N-dealkylation sites (N-methyl/N-ethyl adjacent to an activating group) is 1. The van der Waals surface area contributed by atoms with Crippen molar-refractivity contribution in [1.29, 1.82) is 0 Å². The van der Waals surface area contributed by atoms with Crippen molar-refractivity contribution >= 4 is 17.5 Å². The summed E-state index contributed by atoms with van der Waals surface area (Å²) in [4.78, 5) is 23.0. The van der Waals surface area contributed by atoms with Crippen molar-refractivity contribution < 1.29 is 9.90 Å². The van der Waals surface area contributed by atoms with Gasteiger partial charge in [0.1, 0.15) is 12.1 Å². The molecule has 156 valence electrons. The molecular formula is C22H29ClN4O2. The quantitative estimate of drug-likeness (QED) is 0.620. The minimum Gasteiger partial charge on any atom is -0.506 e. The molecule has 7 heteroatoms. The average molecular weight is 417 g/mol. The van der Waals surface area contributed by atoms with Crippen molar-refractivity contribution in [2.75, 3.05) is 20.6 Å². The highest BCUT2D eigenvalue weighted by Crippen LogP contribution is 2.39. The lowest BCUT2D eigenvalue weighted by molar-refractivity contribution is -0.121. The van der Waals surface area contributed by atoms with Gasteiger partial charge in [-0.1, -0.05) is 30.5 Å². The number of halogens is 1. The minimum atomic E-state index is 0.0510. The zero-order chi connectivity index (χ0) is 20.8. The van der Waals surface area contributed by atoms with E-state index in [1.165, 1.54) is 19.2 Å². The molecule has 1 heterocycles. The Labute approximate surface area is 177 Å². The number of rotatable bonds is 10. The molecule has 1 aromatic carbocycles. The third-order valence-corrected chi connectivity index (χ3v) is 5.85. The Morgan fingerprint density at radius 3 is 2.66 bits per heavy atom. The standard InChI is InChI=1S/C22H29ClN4O2/c1-27(2)19(8-16-5-6-21(28)20(23)9-16)13-26-22(29)10-17(7-15-3-4-15)18-11-24-14-25-12-18/h5-6,9,11-12,14-15,17,19,28H,3-4,7-8,10,13H2,1-2H3,(H,26,29).